The van der Waals surface area contributed by atoms with E-state index >= 15 is 0 Å². The Kier molecular flexibility index (Phi) is 5.02. The fraction of sp³-hybridized carbons (Fsp3) is 0.692. The van der Waals surface area contributed by atoms with Crippen molar-refractivity contribution in [2.45, 2.75) is 40.0 Å². The summed E-state index contributed by atoms with van der Waals surface area (Å²) in [6.07, 6.45) is 3.62. The van der Waals surface area contributed by atoms with E-state index in [1.54, 1.807) is 4.68 Å². The van der Waals surface area contributed by atoms with Crippen LogP contribution >= 0.6 is 0 Å². The van der Waals surface area contributed by atoms with E-state index < -0.39 is 0 Å². The van der Waals surface area contributed by atoms with Gasteiger partial charge < -0.3 is 5.32 Å². The summed E-state index contributed by atoms with van der Waals surface area (Å²) in [6, 6.07) is 2.20. The Hall–Kier alpha value is -1.50. The van der Waals surface area contributed by atoms with Crippen LogP contribution in [-0.4, -0.2) is 16.3 Å². The first-order chi connectivity index (χ1) is 8.06. The molecule has 0 spiro atoms. The predicted molar refractivity (Wildman–Crippen MR) is 69.8 cm³/mol. The highest BCUT2D eigenvalue weighted by molar-refractivity contribution is 5.54. The Morgan fingerprint density at radius 1 is 1.41 bits per heavy atom. The van der Waals surface area contributed by atoms with Crippen LogP contribution in [-0.2, 0) is 7.05 Å². The molecule has 1 aromatic heterocycles. The summed E-state index contributed by atoms with van der Waals surface area (Å²) in [5, 5.41) is 16.6. The summed E-state index contributed by atoms with van der Waals surface area (Å²) in [5.74, 6) is 1.61. The minimum absolute atomic E-state index is 0.663. The van der Waals surface area contributed by atoms with Crippen molar-refractivity contribution in [2.75, 3.05) is 11.9 Å². The van der Waals surface area contributed by atoms with Crippen molar-refractivity contribution < 1.29 is 0 Å². The number of aromatic nitrogens is 2. The van der Waals surface area contributed by atoms with Crippen LogP contribution in [0.4, 0.5) is 5.82 Å². The minimum Gasteiger partial charge on any atom is -0.369 e. The van der Waals surface area contributed by atoms with Gasteiger partial charge in [-0.1, -0.05) is 26.7 Å². The lowest BCUT2D eigenvalue weighted by atomic mass is 10.1. The predicted octanol–water partition coefficient (Wildman–Crippen LogP) is 2.84. The molecule has 1 heterocycles. The second-order valence-corrected chi connectivity index (χ2v) is 4.86. The second kappa shape index (κ2) is 6.29. The van der Waals surface area contributed by atoms with E-state index in [0.29, 0.717) is 5.56 Å². The Bertz CT molecular complexity index is 398. The average Bonchev–Trinajstić information content (AvgIpc) is 2.52. The number of nitrogens with zero attached hydrogens (tertiary/aromatic N) is 3. The van der Waals surface area contributed by atoms with Crippen LogP contribution in [0.25, 0.3) is 0 Å². The van der Waals surface area contributed by atoms with E-state index in [-0.39, 0.29) is 0 Å². The van der Waals surface area contributed by atoms with Gasteiger partial charge in [-0.3, -0.25) is 4.68 Å². The normalized spacial score (nSPS) is 10.6. The molecule has 4 heteroatoms. The van der Waals surface area contributed by atoms with Gasteiger partial charge in [0.1, 0.15) is 17.5 Å². The van der Waals surface area contributed by atoms with Gasteiger partial charge in [-0.25, -0.2) is 0 Å². The maximum atomic E-state index is 9.04. The molecule has 4 nitrogen and oxygen atoms in total. The van der Waals surface area contributed by atoms with Gasteiger partial charge in [0.2, 0.25) is 0 Å². The third-order valence-electron chi connectivity index (χ3n) is 2.83. The zero-order valence-electron chi connectivity index (χ0n) is 11.2. The molecule has 0 aliphatic rings. The maximum absolute atomic E-state index is 9.04. The Balaban J connectivity index is 2.44. The van der Waals surface area contributed by atoms with Gasteiger partial charge in [0.05, 0.1) is 5.69 Å². The number of hydrogen-bond acceptors (Lipinski definition) is 3. The summed E-state index contributed by atoms with van der Waals surface area (Å²) >= 11 is 0. The van der Waals surface area contributed by atoms with E-state index in [0.717, 1.165) is 30.4 Å². The standard InChI is InChI=1S/C13H22N4/c1-10(2)7-5-6-8-15-13-12(9-14)11(3)16-17(13)4/h10,15H,5-8H2,1-4H3. The number of rotatable bonds is 6. The minimum atomic E-state index is 0.663. The first-order valence-electron chi connectivity index (χ1n) is 6.23. The lowest BCUT2D eigenvalue weighted by molar-refractivity contribution is 0.544. The third kappa shape index (κ3) is 3.77. The number of unbranched alkanes of at least 4 members (excludes halogenated alkanes) is 1. The first-order valence-corrected chi connectivity index (χ1v) is 6.23. The number of anilines is 1. The molecule has 0 amide bonds. The van der Waals surface area contributed by atoms with Crippen LogP contribution in [0, 0.1) is 24.2 Å². The molecule has 0 saturated carbocycles. The molecule has 1 rings (SSSR count). The van der Waals surface area contributed by atoms with Crippen molar-refractivity contribution in [3.05, 3.63) is 11.3 Å². The van der Waals surface area contributed by atoms with Crippen molar-refractivity contribution in [2.24, 2.45) is 13.0 Å². The Morgan fingerprint density at radius 3 is 2.71 bits per heavy atom. The van der Waals surface area contributed by atoms with E-state index in [4.69, 9.17) is 5.26 Å². The molecule has 0 radical (unpaired) electrons. The van der Waals surface area contributed by atoms with Gasteiger partial charge in [0.15, 0.2) is 0 Å². The van der Waals surface area contributed by atoms with Crippen molar-refractivity contribution in [3.63, 3.8) is 0 Å². The summed E-state index contributed by atoms with van der Waals surface area (Å²) in [6.45, 7) is 7.25. The molecule has 94 valence electrons. The Morgan fingerprint density at radius 2 is 2.12 bits per heavy atom. The largest absolute Gasteiger partial charge is 0.369 e. The highest BCUT2D eigenvalue weighted by Crippen LogP contribution is 2.17. The van der Waals surface area contributed by atoms with Crippen LogP contribution in [0.5, 0.6) is 0 Å². The smallest absolute Gasteiger partial charge is 0.142 e. The lowest BCUT2D eigenvalue weighted by Crippen LogP contribution is -2.07. The van der Waals surface area contributed by atoms with Gasteiger partial charge in [-0.2, -0.15) is 10.4 Å². The van der Waals surface area contributed by atoms with Crippen LogP contribution < -0.4 is 5.32 Å². The van der Waals surface area contributed by atoms with Gasteiger partial charge in [-0.05, 0) is 19.3 Å². The van der Waals surface area contributed by atoms with E-state index in [2.05, 4.69) is 30.3 Å². The molecule has 0 unspecified atom stereocenters. The fourth-order valence-electron chi connectivity index (χ4n) is 1.88. The molecule has 0 aliphatic carbocycles. The van der Waals surface area contributed by atoms with Crippen LogP contribution in [0.2, 0.25) is 0 Å². The SMILES string of the molecule is Cc1nn(C)c(NCCCCC(C)C)c1C#N. The van der Waals surface area contributed by atoms with Crippen molar-refractivity contribution in [1.29, 1.82) is 5.26 Å². The highest BCUT2D eigenvalue weighted by Gasteiger charge is 2.11. The summed E-state index contributed by atoms with van der Waals surface area (Å²) in [4.78, 5) is 0. The van der Waals surface area contributed by atoms with Crippen LogP contribution in [0.3, 0.4) is 0 Å². The van der Waals surface area contributed by atoms with Crippen LogP contribution in [0.15, 0.2) is 0 Å². The zero-order chi connectivity index (χ0) is 12.8. The number of aryl methyl sites for hydroxylation is 2. The van der Waals surface area contributed by atoms with E-state index in [1.807, 2.05) is 14.0 Å². The van der Waals surface area contributed by atoms with E-state index in [1.165, 1.54) is 12.8 Å². The molecule has 0 aromatic carbocycles. The third-order valence-corrected chi connectivity index (χ3v) is 2.83. The Labute approximate surface area is 104 Å². The number of nitriles is 1. The molecule has 0 aliphatic heterocycles. The monoisotopic (exact) mass is 234 g/mol. The topological polar surface area (TPSA) is 53.6 Å². The highest BCUT2D eigenvalue weighted by atomic mass is 15.3. The summed E-state index contributed by atoms with van der Waals surface area (Å²) in [5.41, 5.74) is 1.45. The van der Waals surface area contributed by atoms with Crippen molar-refractivity contribution >= 4 is 5.82 Å². The molecule has 0 fully saturated rings. The summed E-state index contributed by atoms with van der Waals surface area (Å²) in [7, 11) is 1.87. The lowest BCUT2D eigenvalue weighted by Gasteiger charge is -2.08. The molecular weight excluding hydrogens is 212 g/mol. The van der Waals surface area contributed by atoms with Crippen LogP contribution in [0.1, 0.15) is 44.4 Å². The van der Waals surface area contributed by atoms with Gasteiger partial charge >= 0.3 is 0 Å². The molecule has 1 N–H and O–H groups in total. The second-order valence-electron chi connectivity index (χ2n) is 4.86. The molecule has 0 bridgehead atoms. The molecule has 17 heavy (non-hydrogen) atoms. The van der Waals surface area contributed by atoms with E-state index in [9.17, 15) is 0 Å². The summed E-state index contributed by atoms with van der Waals surface area (Å²) < 4.78 is 1.75. The first kappa shape index (κ1) is 13.6. The van der Waals surface area contributed by atoms with Gasteiger partial charge in [0.25, 0.3) is 0 Å². The van der Waals surface area contributed by atoms with Crippen molar-refractivity contribution in [1.82, 2.24) is 9.78 Å². The quantitative estimate of drug-likeness (QED) is 0.770. The molecule has 1 aromatic rings. The average molecular weight is 234 g/mol. The fourth-order valence-corrected chi connectivity index (χ4v) is 1.88. The molecular formula is C13H22N4. The van der Waals surface area contributed by atoms with Gasteiger partial charge in [0, 0.05) is 13.6 Å². The van der Waals surface area contributed by atoms with Crippen molar-refractivity contribution in [3.8, 4) is 6.07 Å². The zero-order valence-corrected chi connectivity index (χ0v) is 11.2. The molecule has 0 saturated heterocycles. The molecule has 0 atom stereocenters. The maximum Gasteiger partial charge on any atom is 0.142 e. The van der Waals surface area contributed by atoms with Gasteiger partial charge in [-0.15, -0.1) is 0 Å². The number of nitrogens with one attached hydrogen (secondary N) is 1. The number of hydrogen-bond donors (Lipinski definition) is 1.